The van der Waals surface area contributed by atoms with Gasteiger partial charge in [-0.1, -0.05) is 48.5 Å². The van der Waals surface area contributed by atoms with Gasteiger partial charge in [0.2, 0.25) is 5.91 Å². The minimum absolute atomic E-state index is 0.00962. The van der Waals surface area contributed by atoms with E-state index in [1.165, 1.54) is 16.0 Å². The summed E-state index contributed by atoms with van der Waals surface area (Å²) in [4.78, 5) is 38.4. The van der Waals surface area contributed by atoms with Crippen LogP contribution in [0.3, 0.4) is 0 Å². The van der Waals surface area contributed by atoms with Gasteiger partial charge in [0.25, 0.3) is 0 Å². The third kappa shape index (κ3) is 4.75. The number of hydrogen-bond donors (Lipinski definition) is 2. The first-order chi connectivity index (χ1) is 17.0. The van der Waals surface area contributed by atoms with E-state index < -0.39 is 18.1 Å². The van der Waals surface area contributed by atoms with E-state index in [4.69, 9.17) is 9.47 Å². The van der Waals surface area contributed by atoms with E-state index in [1.54, 1.807) is 0 Å². The molecular formula is C27H30N2O6. The van der Waals surface area contributed by atoms with Gasteiger partial charge in [-0.25, -0.2) is 9.59 Å². The second-order valence-electron chi connectivity index (χ2n) is 9.48. The predicted molar refractivity (Wildman–Crippen MR) is 128 cm³/mol. The smallest absolute Gasteiger partial charge is 0.407 e. The topological polar surface area (TPSA) is 105 Å². The second-order valence-corrected chi connectivity index (χ2v) is 9.48. The number of carbonyl (C=O) groups excluding carboxylic acids is 2. The van der Waals surface area contributed by atoms with Gasteiger partial charge in [0.15, 0.2) is 0 Å². The number of likely N-dealkylation sites (tertiary alicyclic amines) is 1. The van der Waals surface area contributed by atoms with Crippen LogP contribution < -0.4 is 5.32 Å². The summed E-state index contributed by atoms with van der Waals surface area (Å²) in [6.45, 7) is 1.18. The maximum absolute atomic E-state index is 12.9. The average Bonchev–Trinajstić information content (AvgIpc) is 3.49. The molecule has 3 aliphatic rings. The van der Waals surface area contributed by atoms with Crippen LogP contribution >= 0.6 is 0 Å². The van der Waals surface area contributed by atoms with Crippen molar-refractivity contribution in [1.82, 2.24) is 10.2 Å². The van der Waals surface area contributed by atoms with E-state index in [2.05, 4.69) is 29.6 Å². The largest absolute Gasteiger partial charge is 0.480 e. The lowest BCUT2D eigenvalue weighted by atomic mass is 9.97. The molecule has 1 aliphatic carbocycles. The first kappa shape index (κ1) is 23.4. The summed E-state index contributed by atoms with van der Waals surface area (Å²) in [7, 11) is 0. The molecule has 0 spiro atoms. The van der Waals surface area contributed by atoms with Gasteiger partial charge in [-0.3, -0.25) is 4.79 Å². The molecule has 2 amide bonds. The van der Waals surface area contributed by atoms with E-state index in [0.29, 0.717) is 19.4 Å². The van der Waals surface area contributed by atoms with Gasteiger partial charge in [0, 0.05) is 19.0 Å². The molecule has 0 radical (unpaired) electrons. The van der Waals surface area contributed by atoms with Crippen molar-refractivity contribution in [2.45, 2.75) is 43.7 Å². The molecular weight excluding hydrogens is 448 g/mol. The molecule has 2 fully saturated rings. The lowest BCUT2D eigenvalue weighted by Gasteiger charge is -2.34. The highest BCUT2D eigenvalue weighted by atomic mass is 16.5. The molecule has 3 atom stereocenters. The summed E-state index contributed by atoms with van der Waals surface area (Å²) < 4.78 is 11.3. The van der Waals surface area contributed by atoms with Crippen LogP contribution in [-0.4, -0.2) is 66.4 Å². The highest BCUT2D eigenvalue weighted by Gasteiger charge is 2.39. The lowest BCUT2D eigenvalue weighted by Crippen LogP contribution is -2.50. The van der Waals surface area contributed by atoms with Crippen LogP contribution in [0.5, 0.6) is 0 Å². The van der Waals surface area contributed by atoms with Gasteiger partial charge in [0.05, 0.1) is 18.6 Å². The summed E-state index contributed by atoms with van der Waals surface area (Å²) >= 11 is 0. The molecule has 0 aromatic heterocycles. The standard InChI is InChI=1S/C27H30N2O6/c30-25(29-12-6-5-11-24(29)26(31)32)17-13-18(34-15-17)14-28-27(33)35-16-23-21-9-3-1-7-19(21)20-8-2-4-10-22(20)23/h1-4,7-10,17-18,23-24H,5-6,11-16H2,(H,28,33)(H,31,32)/t17?,18?,24-/m1/s1. The number of rotatable bonds is 6. The molecule has 2 aliphatic heterocycles. The number of amides is 2. The van der Waals surface area contributed by atoms with Gasteiger partial charge in [0.1, 0.15) is 12.6 Å². The van der Waals surface area contributed by atoms with Crippen molar-refractivity contribution in [2.75, 3.05) is 26.3 Å². The van der Waals surface area contributed by atoms with Crippen molar-refractivity contribution in [3.8, 4) is 11.1 Å². The van der Waals surface area contributed by atoms with Crippen LogP contribution in [0.25, 0.3) is 11.1 Å². The van der Waals surface area contributed by atoms with Crippen molar-refractivity contribution >= 4 is 18.0 Å². The first-order valence-corrected chi connectivity index (χ1v) is 12.3. The van der Waals surface area contributed by atoms with Crippen LogP contribution in [0.2, 0.25) is 0 Å². The molecule has 2 aromatic rings. The summed E-state index contributed by atoms with van der Waals surface area (Å²) in [5, 5.41) is 12.2. The zero-order chi connectivity index (χ0) is 24.4. The van der Waals surface area contributed by atoms with Crippen molar-refractivity contribution < 1.29 is 29.0 Å². The van der Waals surface area contributed by atoms with Gasteiger partial charge in [-0.15, -0.1) is 0 Å². The number of alkyl carbamates (subject to hydrolysis) is 1. The number of nitrogens with zero attached hydrogens (tertiary/aromatic N) is 1. The number of carbonyl (C=O) groups is 3. The van der Waals surface area contributed by atoms with Gasteiger partial charge in [-0.05, 0) is 47.9 Å². The fourth-order valence-electron chi connectivity index (χ4n) is 5.55. The highest BCUT2D eigenvalue weighted by Crippen LogP contribution is 2.44. The molecule has 2 aromatic carbocycles. The Morgan fingerprint density at radius 3 is 2.40 bits per heavy atom. The third-order valence-corrected chi connectivity index (χ3v) is 7.32. The summed E-state index contributed by atoms with van der Waals surface area (Å²) in [6, 6.07) is 15.6. The Labute approximate surface area is 204 Å². The number of hydrogen-bond acceptors (Lipinski definition) is 5. The molecule has 8 nitrogen and oxygen atoms in total. The number of ether oxygens (including phenoxy) is 2. The maximum Gasteiger partial charge on any atom is 0.407 e. The molecule has 2 unspecified atom stereocenters. The van der Waals surface area contributed by atoms with Crippen LogP contribution in [-0.2, 0) is 19.1 Å². The number of fused-ring (bicyclic) bond motifs is 3. The fourth-order valence-corrected chi connectivity index (χ4v) is 5.55. The fraction of sp³-hybridized carbons (Fsp3) is 0.444. The Morgan fingerprint density at radius 1 is 1.03 bits per heavy atom. The van der Waals surface area contributed by atoms with E-state index in [-0.39, 0.29) is 43.6 Å². The Bertz CT molecular complexity index is 1070. The quantitative estimate of drug-likeness (QED) is 0.659. The zero-order valence-corrected chi connectivity index (χ0v) is 19.5. The average molecular weight is 479 g/mol. The van der Waals surface area contributed by atoms with Gasteiger partial charge >= 0.3 is 12.1 Å². The molecule has 5 rings (SSSR count). The summed E-state index contributed by atoms with van der Waals surface area (Å²) in [5.41, 5.74) is 4.65. The lowest BCUT2D eigenvalue weighted by molar-refractivity contribution is -0.153. The second kappa shape index (κ2) is 10.1. The SMILES string of the molecule is O=C(NCC1CC(C(=O)N2CCCC[C@@H]2C(=O)O)CO1)OCC1c2ccccc2-c2ccccc21. The van der Waals surface area contributed by atoms with Gasteiger partial charge < -0.3 is 24.8 Å². The Balaban J connectivity index is 1.11. The molecule has 2 N–H and O–H groups in total. The zero-order valence-electron chi connectivity index (χ0n) is 19.5. The van der Waals surface area contributed by atoms with E-state index >= 15 is 0 Å². The molecule has 2 heterocycles. The molecule has 35 heavy (non-hydrogen) atoms. The summed E-state index contributed by atoms with van der Waals surface area (Å²) in [5.74, 6) is -1.51. The number of carboxylic acids is 1. The minimum Gasteiger partial charge on any atom is -0.480 e. The molecule has 8 heteroatoms. The first-order valence-electron chi connectivity index (χ1n) is 12.3. The van der Waals surface area contributed by atoms with E-state index in [9.17, 15) is 19.5 Å². The van der Waals surface area contributed by atoms with Crippen molar-refractivity contribution in [3.63, 3.8) is 0 Å². The van der Waals surface area contributed by atoms with Crippen LogP contribution in [0.4, 0.5) is 4.79 Å². The molecule has 2 saturated heterocycles. The normalized spacial score (nSPS) is 23.4. The molecule has 0 saturated carbocycles. The van der Waals surface area contributed by atoms with E-state index in [1.807, 2.05) is 24.3 Å². The van der Waals surface area contributed by atoms with Crippen LogP contribution in [0.1, 0.15) is 42.7 Å². The monoisotopic (exact) mass is 478 g/mol. The minimum atomic E-state index is -0.953. The number of nitrogens with one attached hydrogen (secondary N) is 1. The highest BCUT2D eigenvalue weighted by molar-refractivity contribution is 5.85. The van der Waals surface area contributed by atoms with Crippen molar-refractivity contribution in [1.29, 1.82) is 0 Å². The number of piperidine rings is 1. The summed E-state index contributed by atoms with van der Waals surface area (Å²) in [6.07, 6.45) is 1.74. The Morgan fingerprint density at radius 2 is 1.71 bits per heavy atom. The third-order valence-electron chi connectivity index (χ3n) is 7.32. The number of carboxylic acid groups (broad SMARTS) is 1. The van der Waals surface area contributed by atoms with Crippen molar-refractivity contribution in [2.24, 2.45) is 5.92 Å². The maximum atomic E-state index is 12.9. The van der Waals surface area contributed by atoms with E-state index in [0.717, 1.165) is 24.0 Å². The molecule has 184 valence electrons. The van der Waals surface area contributed by atoms with Gasteiger partial charge in [-0.2, -0.15) is 0 Å². The van der Waals surface area contributed by atoms with Crippen LogP contribution in [0, 0.1) is 5.92 Å². The molecule has 0 bridgehead atoms. The Hall–Kier alpha value is -3.39. The predicted octanol–water partition coefficient (Wildman–Crippen LogP) is 3.40. The Kier molecular flexibility index (Phi) is 6.72. The number of aliphatic carboxylic acids is 1. The van der Waals surface area contributed by atoms with Crippen molar-refractivity contribution in [3.05, 3.63) is 59.7 Å². The number of benzene rings is 2. The van der Waals surface area contributed by atoms with Crippen LogP contribution in [0.15, 0.2) is 48.5 Å².